The van der Waals surface area contributed by atoms with Crippen LogP contribution >= 0.6 is 0 Å². The molecule has 5 nitrogen and oxygen atoms in total. The van der Waals surface area contributed by atoms with Crippen molar-refractivity contribution in [2.75, 3.05) is 14.2 Å². The standard InChI is InChI=1S/C17H21NO4/c1-18-12-8-9-13(18)15(17(20)21-2)14(10-12)22-16(19)11-6-4-3-5-7-11/h3-9,12-15,17,20H,10H2,1-2H3. The zero-order chi connectivity index (χ0) is 15.7. The Kier molecular flexibility index (Phi) is 4.29. The first kappa shape index (κ1) is 15.2. The van der Waals surface area contributed by atoms with E-state index >= 15 is 0 Å². The van der Waals surface area contributed by atoms with Crippen LogP contribution in [-0.4, -0.2) is 54.6 Å². The van der Waals surface area contributed by atoms with Gasteiger partial charge < -0.3 is 14.6 Å². The van der Waals surface area contributed by atoms with E-state index in [0.29, 0.717) is 12.0 Å². The molecule has 0 radical (unpaired) electrons. The molecule has 1 fully saturated rings. The van der Waals surface area contributed by atoms with Crippen LogP contribution < -0.4 is 0 Å². The van der Waals surface area contributed by atoms with Gasteiger partial charge in [-0.25, -0.2) is 4.79 Å². The number of hydrogen-bond acceptors (Lipinski definition) is 5. The van der Waals surface area contributed by atoms with Gasteiger partial charge in [-0.05, 0) is 19.2 Å². The zero-order valence-electron chi connectivity index (χ0n) is 12.8. The first-order valence-corrected chi connectivity index (χ1v) is 7.49. The highest BCUT2D eigenvalue weighted by Crippen LogP contribution is 2.37. The number of carbonyl (C=O) groups is 1. The molecule has 118 valence electrons. The molecule has 5 unspecified atom stereocenters. The van der Waals surface area contributed by atoms with Crippen LogP contribution in [0.3, 0.4) is 0 Å². The third-order valence-corrected chi connectivity index (χ3v) is 4.66. The van der Waals surface area contributed by atoms with E-state index in [2.05, 4.69) is 17.1 Å². The normalized spacial score (nSPS) is 32.0. The summed E-state index contributed by atoms with van der Waals surface area (Å²) < 4.78 is 10.8. The van der Waals surface area contributed by atoms with Gasteiger partial charge in [0.15, 0.2) is 6.29 Å². The predicted molar refractivity (Wildman–Crippen MR) is 81.2 cm³/mol. The number of methoxy groups -OCH3 is 1. The Morgan fingerprint density at radius 1 is 1.32 bits per heavy atom. The Morgan fingerprint density at radius 2 is 2.05 bits per heavy atom. The number of carbonyl (C=O) groups excluding carboxylic acids is 1. The van der Waals surface area contributed by atoms with Crippen molar-refractivity contribution in [2.24, 2.45) is 5.92 Å². The fraction of sp³-hybridized carbons (Fsp3) is 0.471. The largest absolute Gasteiger partial charge is 0.458 e. The molecule has 1 aromatic rings. The summed E-state index contributed by atoms with van der Waals surface area (Å²) in [5.74, 6) is -0.652. The molecular formula is C17H21NO4. The van der Waals surface area contributed by atoms with Gasteiger partial charge >= 0.3 is 5.97 Å². The molecule has 5 atom stereocenters. The Bertz CT molecular complexity index is 559. The van der Waals surface area contributed by atoms with Crippen molar-refractivity contribution in [3.8, 4) is 0 Å². The Balaban J connectivity index is 1.78. The van der Waals surface area contributed by atoms with Crippen LogP contribution in [0, 0.1) is 5.92 Å². The van der Waals surface area contributed by atoms with Crippen LogP contribution in [0.1, 0.15) is 16.8 Å². The van der Waals surface area contributed by atoms with Gasteiger partial charge in [0.2, 0.25) is 0 Å². The van der Waals surface area contributed by atoms with E-state index in [4.69, 9.17) is 9.47 Å². The molecule has 1 saturated heterocycles. The number of benzene rings is 1. The van der Waals surface area contributed by atoms with E-state index in [1.165, 1.54) is 7.11 Å². The van der Waals surface area contributed by atoms with Gasteiger partial charge in [0.1, 0.15) is 6.10 Å². The van der Waals surface area contributed by atoms with Crippen molar-refractivity contribution < 1.29 is 19.4 Å². The first-order chi connectivity index (χ1) is 10.6. The van der Waals surface area contributed by atoms with E-state index in [1.807, 2.05) is 13.1 Å². The van der Waals surface area contributed by atoms with Gasteiger partial charge in [0.25, 0.3) is 0 Å². The van der Waals surface area contributed by atoms with E-state index < -0.39 is 6.29 Å². The van der Waals surface area contributed by atoms with Crippen LogP contribution in [0.15, 0.2) is 42.5 Å². The minimum atomic E-state index is -0.968. The fourth-order valence-electron chi connectivity index (χ4n) is 3.41. The van der Waals surface area contributed by atoms with E-state index in [-0.39, 0.29) is 30.1 Å². The molecule has 2 aliphatic rings. The van der Waals surface area contributed by atoms with Gasteiger partial charge in [-0.3, -0.25) is 4.90 Å². The summed E-state index contributed by atoms with van der Waals surface area (Å²) in [5.41, 5.74) is 0.521. The summed E-state index contributed by atoms with van der Waals surface area (Å²) >= 11 is 0. The van der Waals surface area contributed by atoms with Crippen molar-refractivity contribution in [3.63, 3.8) is 0 Å². The Labute approximate surface area is 130 Å². The molecule has 0 saturated carbocycles. The highest BCUT2D eigenvalue weighted by Gasteiger charge is 2.47. The molecule has 0 amide bonds. The Morgan fingerprint density at radius 3 is 2.73 bits per heavy atom. The monoisotopic (exact) mass is 303 g/mol. The second-order valence-electron chi connectivity index (χ2n) is 5.86. The van der Waals surface area contributed by atoms with Crippen LogP contribution in [0.4, 0.5) is 0 Å². The van der Waals surface area contributed by atoms with Gasteiger partial charge in [-0.2, -0.15) is 0 Å². The molecule has 22 heavy (non-hydrogen) atoms. The smallest absolute Gasteiger partial charge is 0.338 e. The highest BCUT2D eigenvalue weighted by atomic mass is 16.6. The summed E-state index contributed by atoms with van der Waals surface area (Å²) in [4.78, 5) is 14.5. The van der Waals surface area contributed by atoms with Crippen molar-refractivity contribution in [1.29, 1.82) is 0 Å². The minimum Gasteiger partial charge on any atom is -0.458 e. The third-order valence-electron chi connectivity index (χ3n) is 4.66. The third kappa shape index (κ3) is 2.67. The lowest BCUT2D eigenvalue weighted by molar-refractivity contribution is -0.169. The summed E-state index contributed by atoms with van der Waals surface area (Å²) in [6.45, 7) is 0. The summed E-state index contributed by atoms with van der Waals surface area (Å²) in [6.07, 6.45) is 3.49. The molecule has 2 heterocycles. The number of nitrogens with zero attached hydrogens (tertiary/aromatic N) is 1. The first-order valence-electron chi connectivity index (χ1n) is 7.49. The molecule has 1 aromatic carbocycles. The lowest BCUT2D eigenvalue weighted by atomic mass is 9.86. The maximum absolute atomic E-state index is 12.3. The lowest BCUT2D eigenvalue weighted by Gasteiger charge is -2.43. The molecule has 0 aliphatic carbocycles. The number of rotatable bonds is 4. The zero-order valence-corrected chi connectivity index (χ0v) is 12.8. The molecule has 3 rings (SSSR count). The number of hydrogen-bond donors (Lipinski definition) is 1. The minimum absolute atomic E-state index is 0.0160. The van der Waals surface area contributed by atoms with E-state index in [9.17, 15) is 9.90 Å². The van der Waals surface area contributed by atoms with Crippen LogP contribution in [0.25, 0.3) is 0 Å². The number of esters is 1. The maximum atomic E-state index is 12.3. The molecule has 1 N–H and O–H groups in total. The van der Waals surface area contributed by atoms with Gasteiger partial charge in [0.05, 0.1) is 11.5 Å². The van der Waals surface area contributed by atoms with Crippen molar-refractivity contribution in [3.05, 3.63) is 48.0 Å². The second kappa shape index (κ2) is 6.20. The van der Waals surface area contributed by atoms with Crippen LogP contribution in [0.5, 0.6) is 0 Å². The number of aliphatic hydroxyl groups excluding tert-OH is 1. The number of aliphatic hydroxyl groups is 1. The fourth-order valence-corrected chi connectivity index (χ4v) is 3.41. The van der Waals surface area contributed by atoms with Crippen LogP contribution in [-0.2, 0) is 9.47 Å². The molecule has 2 aliphatic heterocycles. The number of ether oxygens (including phenoxy) is 2. The highest BCUT2D eigenvalue weighted by molar-refractivity contribution is 5.89. The quantitative estimate of drug-likeness (QED) is 0.518. The van der Waals surface area contributed by atoms with Crippen LogP contribution in [0.2, 0.25) is 0 Å². The summed E-state index contributed by atoms with van der Waals surface area (Å²) in [5, 5.41) is 10.2. The maximum Gasteiger partial charge on any atom is 0.338 e. The molecule has 0 aromatic heterocycles. The lowest BCUT2D eigenvalue weighted by Crippen LogP contribution is -2.55. The predicted octanol–water partition coefficient (Wildman–Crippen LogP) is 1.44. The number of piperidine rings is 1. The number of likely N-dealkylation sites (N-methyl/N-ethyl adjacent to an activating group) is 1. The molecule has 0 spiro atoms. The second-order valence-corrected chi connectivity index (χ2v) is 5.86. The molecule has 2 bridgehead atoms. The molecule has 5 heteroatoms. The van der Waals surface area contributed by atoms with Crippen molar-refractivity contribution in [2.45, 2.75) is 30.9 Å². The van der Waals surface area contributed by atoms with Crippen molar-refractivity contribution in [1.82, 2.24) is 4.90 Å². The number of fused-ring (bicyclic) bond motifs is 2. The van der Waals surface area contributed by atoms with Gasteiger partial charge in [-0.1, -0.05) is 30.4 Å². The summed E-state index contributed by atoms with van der Waals surface area (Å²) in [6, 6.07) is 9.17. The van der Waals surface area contributed by atoms with Gasteiger partial charge in [0, 0.05) is 25.6 Å². The molecular weight excluding hydrogens is 282 g/mol. The average molecular weight is 303 g/mol. The topological polar surface area (TPSA) is 59.0 Å². The Hall–Kier alpha value is -1.69. The van der Waals surface area contributed by atoms with E-state index in [1.54, 1.807) is 24.3 Å². The van der Waals surface area contributed by atoms with E-state index in [0.717, 1.165) is 0 Å². The van der Waals surface area contributed by atoms with Gasteiger partial charge in [-0.15, -0.1) is 0 Å². The summed E-state index contributed by atoms with van der Waals surface area (Å²) in [7, 11) is 3.48. The van der Waals surface area contributed by atoms with Crippen molar-refractivity contribution >= 4 is 5.97 Å². The average Bonchev–Trinajstić information content (AvgIpc) is 2.78. The SMILES string of the molecule is COC(O)C1C(OC(=O)c2ccccc2)CC2C=CC1N2C.